The van der Waals surface area contributed by atoms with Crippen molar-refractivity contribution < 1.29 is 9.90 Å². The molecule has 3 rings (SSSR count). The first-order chi connectivity index (χ1) is 10.1. The predicted molar refractivity (Wildman–Crippen MR) is 77.7 cm³/mol. The molecule has 2 aliphatic rings. The molecule has 0 radical (unpaired) electrons. The van der Waals surface area contributed by atoms with Crippen molar-refractivity contribution in [3.05, 3.63) is 22.2 Å². The van der Waals surface area contributed by atoms with Crippen LogP contribution in [0, 0.1) is 0 Å². The Morgan fingerprint density at radius 3 is 2.67 bits per heavy atom. The maximum atomic E-state index is 11.7. The van der Waals surface area contributed by atoms with Crippen LogP contribution < -0.4 is 10.5 Å². The van der Waals surface area contributed by atoms with Gasteiger partial charge in [-0.2, -0.15) is 0 Å². The van der Waals surface area contributed by atoms with Crippen LogP contribution in [-0.2, 0) is 4.79 Å². The molecule has 21 heavy (non-hydrogen) atoms. The summed E-state index contributed by atoms with van der Waals surface area (Å²) in [6.45, 7) is 3.75. The lowest BCUT2D eigenvalue weighted by Crippen LogP contribution is -2.47. The van der Waals surface area contributed by atoms with E-state index >= 15 is 0 Å². The zero-order chi connectivity index (χ0) is 14.8. The summed E-state index contributed by atoms with van der Waals surface area (Å²) in [6, 6.07) is 1.55. The van der Waals surface area contributed by atoms with Gasteiger partial charge in [-0.25, -0.2) is 4.98 Å². The topological polar surface area (TPSA) is 89.5 Å². The number of rotatable bonds is 5. The summed E-state index contributed by atoms with van der Waals surface area (Å²) in [4.78, 5) is 34.0. The van der Waals surface area contributed by atoms with Crippen LogP contribution in [0.1, 0.15) is 31.0 Å². The molecular weight excluding hydrogens is 272 g/mol. The molecule has 1 saturated carbocycles. The normalized spacial score (nSPS) is 19.7. The molecule has 1 saturated heterocycles. The Morgan fingerprint density at radius 2 is 2.05 bits per heavy atom. The Bertz CT molecular complexity index is 574. The van der Waals surface area contributed by atoms with Crippen molar-refractivity contribution in [2.24, 2.45) is 0 Å². The van der Waals surface area contributed by atoms with Crippen LogP contribution in [0.15, 0.2) is 10.9 Å². The number of aromatic nitrogens is 2. The van der Waals surface area contributed by atoms with Gasteiger partial charge in [-0.15, -0.1) is 0 Å². The fourth-order valence-electron chi connectivity index (χ4n) is 2.63. The highest BCUT2D eigenvalue weighted by atomic mass is 16.4. The van der Waals surface area contributed by atoms with Crippen LogP contribution in [0.25, 0.3) is 0 Å². The molecule has 1 aromatic heterocycles. The number of hydrogen-bond acceptors (Lipinski definition) is 5. The highest BCUT2D eigenvalue weighted by Gasteiger charge is 2.27. The van der Waals surface area contributed by atoms with Gasteiger partial charge in [0.15, 0.2) is 0 Å². The van der Waals surface area contributed by atoms with E-state index in [0.717, 1.165) is 50.7 Å². The van der Waals surface area contributed by atoms with Crippen LogP contribution in [-0.4, -0.2) is 58.7 Å². The molecule has 7 nitrogen and oxygen atoms in total. The number of carbonyl (C=O) groups is 1. The lowest BCUT2D eigenvalue weighted by molar-refractivity contribution is -0.137. The van der Waals surface area contributed by atoms with Crippen molar-refractivity contribution in [3.8, 4) is 0 Å². The van der Waals surface area contributed by atoms with Gasteiger partial charge in [-0.05, 0) is 12.8 Å². The van der Waals surface area contributed by atoms with Crippen molar-refractivity contribution in [1.29, 1.82) is 0 Å². The third-order valence-electron chi connectivity index (χ3n) is 4.05. The van der Waals surface area contributed by atoms with E-state index in [1.165, 1.54) is 0 Å². The minimum Gasteiger partial charge on any atom is -0.481 e. The van der Waals surface area contributed by atoms with Crippen LogP contribution in [0.3, 0.4) is 0 Å². The molecule has 0 atom stereocenters. The standard InChI is InChI=1S/C14H20N4O3/c19-12-9-11(15-14(16-12)10-1-2-10)18-7-5-17(6-8-18)4-3-13(20)21/h9-10H,1-8H2,(H,20,21)(H,15,16,19). The fourth-order valence-corrected chi connectivity index (χ4v) is 2.63. The van der Waals surface area contributed by atoms with Gasteiger partial charge in [0.2, 0.25) is 0 Å². The summed E-state index contributed by atoms with van der Waals surface area (Å²) in [5.74, 6) is 1.22. The monoisotopic (exact) mass is 292 g/mol. The Balaban J connectivity index is 1.61. The van der Waals surface area contributed by atoms with Crippen molar-refractivity contribution in [2.75, 3.05) is 37.6 Å². The molecule has 2 N–H and O–H groups in total. The maximum absolute atomic E-state index is 11.7. The van der Waals surface area contributed by atoms with Gasteiger partial charge < -0.3 is 15.0 Å². The zero-order valence-corrected chi connectivity index (χ0v) is 11.9. The summed E-state index contributed by atoms with van der Waals surface area (Å²) in [5, 5.41) is 8.71. The van der Waals surface area contributed by atoms with Crippen molar-refractivity contribution >= 4 is 11.8 Å². The summed E-state index contributed by atoms with van der Waals surface area (Å²) in [6.07, 6.45) is 2.39. The van der Waals surface area contributed by atoms with Crippen LogP contribution in [0.5, 0.6) is 0 Å². The Hall–Kier alpha value is -1.89. The van der Waals surface area contributed by atoms with Gasteiger partial charge >= 0.3 is 5.97 Å². The van der Waals surface area contributed by atoms with E-state index in [9.17, 15) is 9.59 Å². The fraction of sp³-hybridized carbons (Fsp3) is 0.643. The molecule has 2 fully saturated rings. The second-order valence-electron chi connectivity index (χ2n) is 5.74. The quantitative estimate of drug-likeness (QED) is 0.808. The van der Waals surface area contributed by atoms with Gasteiger partial charge in [0.05, 0.1) is 6.42 Å². The lowest BCUT2D eigenvalue weighted by atomic mass is 10.3. The van der Waals surface area contributed by atoms with E-state index < -0.39 is 5.97 Å². The highest BCUT2D eigenvalue weighted by molar-refractivity contribution is 5.66. The third kappa shape index (κ3) is 3.60. The van der Waals surface area contributed by atoms with Crippen molar-refractivity contribution in [1.82, 2.24) is 14.9 Å². The first-order valence-electron chi connectivity index (χ1n) is 7.42. The predicted octanol–water partition coefficient (Wildman–Crippen LogP) is 0.244. The summed E-state index contributed by atoms with van der Waals surface area (Å²) >= 11 is 0. The average Bonchev–Trinajstić information content (AvgIpc) is 3.29. The Kier molecular flexibility index (Phi) is 3.92. The van der Waals surface area contributed by atoms with Crippen LogP contribution >= 0.6 is 0 Å². The molecule has 1 aliphatic heterocycles. The van der Waals surface area contributed by atoms with Crippen LogP contribution in [0.2, 0.25) is 0 Å². The molecule has 0 amide bonds. The minimum atomic E-state index is -0.761. The number of aromatic amines is 1. The number of carboxylic acids is 1. The summed E-state index contributed by atoms with van der Waals surface area (Å²) in [7, 11) is 0. The number of carboxylic acid groups (broad SMARTS) is 1. The number of nitrogens with zero attached hydrogens (tertiary/aromatic N) is 3. The van der Waals surface area contributed by atoms with E-state index in [1.54, 1.807) is 6.07 Å². The average molecular weight is 292 g/mol. The van der Waals surface area contributed by atoms with Gasteiger partial charge in [-0.3, -0.25) is 14.5 Å². The SMILES string of the molecule is O=C(O)CCN1CCN(c2cc(=O)[nH]c(C3CC3)n2)CC1. The number of nitrogens with one attached hydrogen (secondary N) is 1. The molecule has 0 aromatic carbocycles. The first kappa shape index (κ1) is 14.1. The van der Waals surface area contributed by atoms with E-state index in [4.69, 9.17) is 5.11 Å². The zero-order valence-electron chi connectivity index (χ0n) is 11.9. The molecule has 7 heteroatoms. The molecule has 1 aromatic rings. The molecular formula is C14H20N4O3. The third-order valence-corrected chi connectivity index (χ3v) is 4.05. The second kappa shape index (κ2) is 5.85. The molecule has 0 spiro atoms. The Labute approximate surface area is 122 Å². The maximum Gasteiger partial charge on any atom is 0.304 e. The summed E-state index contributed by atoms with van der Waals surface area (Å²) < 4.78 is 0. The van der Waals surface area contributed by atoms with Gasteiger partial charge in [0.1, 0.15) is 11.6 Å². The first-order valence-corrected chi connectivity index (χ1v) is 7.42. The highest BCUT2D eigenvalue weighted by Crippen LogP contribution is 2.37. The van der Waals surface area contributed by atoms with Crippen LogP contribution in [0.4, 0.5) is 5.82 Å². The van der Waals surface area contributed by atoms with Gasteiger partial charge in [0, 0.05) is 44.7 Å². The van der Waals surface area contributed by atoms with E-state index in [1.807, 2.05) is 0 Å². The number of piperazine rings is 1. The molecule has 2 heterocycles. The number of anilines is 1. The van der Waals surface area contributed by atoms with E-state index in [0.29, 0.717) is 12.5 Å². The van der Waals surface area contributed by atoms with Gasteiger partial charge in [-0.1, -0.05) is 0 Å². The Morgan fingerprint density at radius 1 is 1.33 bits per heavy atom. The lowest BCUT2D eigenvalue weighted by Gasteiger charge is -2.35. The smallest absolute Gasteiger partial charge is 0.304 e. The second-order valence-corrected chi connectivity index (χ2v) is 5.74. The van der Waals surface area contributed by atoms with E-state index in [-0.39, 0.29) is 12.0 Å². The summed E-state index contributed by atoms with van der Waals surface area (Å²) in [5.41, 5.74) is -0.0878. The molecule has 1 aliphatic carbocycles. The molecule has 0 unspecified atom stereocenters. The van der Waals surface area contributed by atoms with Crippen molar-refractivity contribution in [2.45, 2.75) is 25.2 Å². The van der Waals surface area contributed by atoms with Crippen molar-refractivity contribution in [3.63, 3.8) is 0 Å². The molecule has 114 valence electrons. The number of hydrogen-bond donors (Lipinski definition) is 2. The van der Waals surface area contributed by atoms with Gasteiger partial charge in [0.25, 0.3) is 5.56 Å². The van der Waals surface area contributed by atoms with E-state index in [2.05, 4.69) is 19.8 Å². The molecule has 0 bridgehead atoms. The largest absolute Gasteiger partial charge is 0.481 e. The minimum absolute atomic E-state index is 0.0878. The number of H-pyrrole nitrogens is 1. The number of aliphatic carboxylic acids is 1.